The summed E-state index contributed by atoms with van der Waals surface area (Å²) in [6.07, 6.45) is 2.49. The van der Waals surface area contributed by atoms with Gasteiger partial charge in [-0.2, -0.15) is 0 Å². The SMILES string of the molecule is CC1(C)NCCc2c1oc1cc(S(=O)(=O)c3cccnc3N3CCOCC3)ccc21. The molecule has 5 rings (SSSR count). The number of pyridine rings is 1. The predicted octanol–water partition coefficient (Wildman–Crippen LogP) is 2.88. The van der Waals surface area contributed by atoms with E-state index in [2.05, 4.69) is 24.1 Å². The molecule has 8 heteroatoms. The largest absolute Gasteiger partial charge is 0.459 e. The van der Waals surface area contributed by atoms with Crippen molar-refractivity contribution in [1.29, 1.82) is 0 Å². The van der Waals surface area contributed by atoms with Crippen molar-refractivity contribution in [2.24, 2.45) is 0 Å². The van der Waals surface area contributed by atoms with Gasteiger partial charge in [-0.25, -0.2) is 13.4 Å². The summed E-state index contributed by atoms with van der Waals surface area (Å²) >= 11 is 0. The summed E-state index contributed by atoms with van der Waals surface area (Å²) in [6.45, 7) is 7.38. The average Bonchev–Trinajstić information content (AvgIpc) is 3.14. The maximum Gasteiger partial charge on any atom is 0.210 e. The monoisotopic (exact) mass is 427 g/mol. The van der Waals surface area contributed by atoms with Gasteiger partial charge in [0.15, 0.2) is 0 Å². The lowest BCUT2D eigenvalue weighted by Gasteiger charge is -2.29. The summed E-state index contributed by atoms with van der Waals surface area (Å²) in [4.78, 5) is 6.78. The zero-order valence-corrected chi connectivity index (χ0v) is 18.0. The van der Waals surface area contributed by atoms with E-state index in [0.29, 0.717) is 37.7 Å². The van der Waals surface area contributed by atoms with Gasteiger partial charge in [0.2, 0.25) is 9.84 Å². The first kappa shape index (κ1) is 19.5. The molecular weight excluding hydrogens is 402 g/mol. The molecule has 0 bridgehead atoms. The second kappa shape index (κ2) is 7.08. The minimum atomic E-state index is -3.76. The Bertz CT molecular complexity index is 1210. The Balaban J connectivity index is 1.60. The van der Waals surface area contributed by atoms with Gasteiger partial charge in [0.25, 0.3) is 0 Å². The number of nitrogens with zero attached hydrogens (tertiary/aromatic N) is 2. The van der Waals surface area contributed by atoms with Crippen LogP contribution in [0.4, 0.5) is 5.82 Å². The minimum Gasteiger partial charge on any atom is -0.459 e. The van der Waals surface area contributed by atoms with Crippen molar-refractivity contribution in [2.45, 2.75) is 35.6 Å². The van der Waals surface area contributed by atoms with Crippen molar-refractivity contribution in [2.75, 3.05) is 37.7 Å². The van der Waals surface area contributed by atoms with Crippen LogP contribution in [0.15, 0.2) is 50.7 Å². The van der Waals surface area contributed by atoms with Crippen LogP contribution in [-0.2, 0) is 26.5 Å². The summed E-state index contributed by atoms with van der Waals surface area (Å²) in [7, 11) is -3.76. The number of hydrogen-bond donors (Lipinski definition) is 1. The number of fused-ring (bicyclic) bond motifs is 3. The number of hydrogen-bond acceptors (Lipinski definition) is 7. The Morgan fingerprint density at radius 2 is 1.97 bits per heavy atom. The third kappa shape index (κ3) is 3.10. The van der Waals surface area contributed by atoms with E-state index in [9.17, 15) is 8.42 Å². The van der Waals surface area contributed by atoms with Crippen molar-refractivity contribution in [3.8, 4) is 0 Å². The molecule has 1 saturated heterocycles. The van der Waals surface area contributed by atoms with Gasteiger partial charge in [-0.05, 0) is 44.5 Å². The molecule has 1 aromatic carbocycles. The lowest BCUT2D eigenvalue weighted by Crippen LogP contribution is -2.41. The fourth-order valence-electron chi connectivity index (χ4n) is 4.36. The van der Waals surface area contributed by atoms with Gasteiger partial charge in [-0.1, -0.05) is 0 Å². The topological polar surface area (TPSA) is 84.7 Å². The van der Waals surface area contributed by atoms with Gasteiger partial charge in [0, 0.05) is 42.8 Å². The molecule has 0 aliphatic carbocycles. The number of furan rings is 1. The van der Waals surface area contributed by atoms with E-state index in [-0.39, 0.29) is 15.3 Å². The van der Waals surface area contributed by atoms with E-state index in [1.165, 1.54) is 0 Å². The van der Waals surface area contributed by atoms with E-state index in [1.54, 1.807) is 30.5 Å². The molecule has 30 heavy (non-hydrogen) atoms. The first-order chi connectivity index (χ1) is 14.4. The van der Waals surface area contributed by atoms with E-state index in [1.807, 2.05) is 11.0 Å². The number of benzene rings is 1. The molecule has 2 aromatic heterocycles. The number of sulfone groups is 1. The quantitative estimate of drug-likeness (QED) is 0.688. The van der Waals surface area contributed by atoms with Gasteiger partial charge in [0.05, 0.1) is 23.6 Å². The van der Waals surface area contributed by atoms with E-state index < -0.39 is 9.84 Å². The standard InChI is InChI=1S/C22H25N3O4S/c1-22(2)20-17(7-9-24-22)16-6-5-15(14-18(16)29-20)30(26,27)19-4-3-8-23-21(19)25-10-12-28-13-11-25/h3-6,8,14,24H,7,9-13H2,1-2H3. The second-order valence-electron chi connectivity index (χ2n) is 8.30. The molecule has 2 aliphatic heterocycles. The van der Waals surface area contributed by atoms with Crippen LogP contribution in [0.5, 0.6) is 0 Å². The van der Waals surface area contributed by atoms with E-state index in [0.717, 1.165) is 29.7 Å². The fraction of sp³-hybridized carbons (Fsp3) is 0.409. The summed E-state index contributed by atoms with van der Waals surface area (Å²) in [5.74, 6) is 1.36. The van der Waals surface area contributed by atoms with Crippen LogP contribution in [0, 0.1) is 0 Å². The van der Waals surface area contributed by atoms with Gasteiger partial charge < -0.3 is 19.4 Å². The molecular formula is C22H25N3O4S. The smallest absolute Gasteiger partial charge is 0.210 e. The molecule has 0 unspecified atom stereocenters. The summed E-state index contributed by atoms with van der Waals surface area (Å²) in [5, 5.41) is 4.44. The van der Waals surface area contributed by atoms with Crippen LogP contribution < -0.4 is 10.2 Å². The molecule has 1 N–H and O–H groups in total. The highest BCUT2D eigenvalue weighted by Crippen LogP contribution is 2.38. The van der Waals surface area contributed by atoms with Crippen LogP contribution in [0.25, 0.3) is 11.0 Å². The Morgan fingerprint density at radius 1 is 1.17 bits per heavy atom. The van der Waals surface area contributed by atoms with Crippen LogP contribution >= 0.6 is 0 Å². The van der Waals surface area contributed by atoms with Gasteiger partial charge in [-0.15, -0.1) is 0 Å². The number of ether oxygens (including phenoxy) is 1. The van der Waals surface area contributed by atoms with Crippen molar-refractivity contribution < 1.29 is 17.6 Å². The fourth-order valence-corrected chi connectivity index (χ4v) is 5.81. The van der Waals surface area contributed by atoms with E-state index in [4.69, 9.17) is 9.15 Å². The number of rotatable bonds is 3. The Labute approximate surface area is 176 Å². The number of aromatic nitrogens is 1. The van der Waals surface area contributed by atoms with Crippen molar-refractivity contribution in [1.82, 2.24) is 10.3 Å². The molecule has 158 valence electrons. The summed E-state index contributed by atoms with van der Waals surface area (Å²) in [6, 6.07) is 8.48. The van der Waals surface area contributed by atoms with Crippen LogP contribution in [-0.4, -0.2) is 46.2 Å². The number of morpholine rings is 1. The lowest BCUT2D eigenvalue weighted by atomic mass is 9.91. The molecule has 0 atom stereocenters. The van der Waals surface area contributed by atoms with Gasteiger partial charge in [-0.3, -0.25) is 0 Å². The normalized spacial score (nSPS) is 19.1. The van der Waals surface area contributed by atoms with Gasteiger partial charge in [0.1, 0.15) is 22.1 Å². The Morgan fingerprint density at radius 3 is 2.77 bits per heavy atom. The highest BCUT2D eigenvalue weighted by Gasteiger charge is 2.33. The zero-order chi connectivity index (χ0) is 20.9. The lowest BCUT2D eigenvalue weighted by molar-refractivity contribution is 0.122. The third-order valence-corrected chi connectivity index (χ3v) is 7.71. The molecule has 0 amide bonds. The maximum absolute atomic E-state index is 13.6. The summed E-state index contributed by atoms with van der Waals surface area (Å²) in [5.41, 5.74) is 1.49. The first-order valence-corrected chi connectivity index (χ1v) is 11.7. The molecule has 7 nitrogen and oxygen atoms in total. The highest BCUT2D eigenvalue weighted by atomic mass is 32.2. The van der Waals surface area contributed by atoms with Crippen molar-refractivity contribution in [3.63, 3.8) is 0 Å². The van der Waals surface area contributed by atoms with Crippen LogP contribution in [0.1, 0.15) is 25.2 Å². The van der Waals surface area contributed by atoms with Crippen LogP contribution in [0.2, 0.25) is 0 Å². The van der Waals surface area contributed by atoms with Gasteiger partial charge >= 0.3 is 0 Å². The average molecular weight is 428 g/mol. The molecule has 3 aromatic rings. The maximum atomic E-state index is 13.6. The molecule has 1 fully saturated rings. The number of nitrogens with one attached hydrogen (secondary N) is 1. The molecule has 0 radical (unpaired) electrons. The molecule has 2 aliphatic rings. The molecule has 0 saturated carbocycles. The Kier molecular flexibility index (Phi) is 4.61. The predicted molar refractivity (Wildman–Crippen MR) is 114 cm³/mol. The Hall–Kier alpha value is -2.42. The minimum absolute atomic E-state index is 0.213. The second-order valence-corrected chi connectivity index (χ2v) is 10.2. The van der Waals surface area contributed by atoms with Crippen LogP contribution in [0.3, 0.4) is 0 Å². The molecule has 4 heterocycles. The summed E-state index contributed by atoms with van der Waals surface area (Å²) < 4.78 is 38.7. The molecule has 0 spiro atoms. The van der Waals surface area contributed by atoms with Crippen molar-refractivity contribution in [3.05, 3.63) is 47.9 Å². The third-order valence-electron chi connectivity index (χ3n) is 5.94. The first-order valence-electron chi connectivity index (χ1n) is 10.2. The zero-order valence-electron chi connectivity index (χ0n) is 17.1. The van der Waals surface area contributed by atoms with E-state index >= 15 is 0 Å². The highest BCUT2D eigenvalue weighted by molar-refractivity contribution is 7.91. The number of anilines is 1. The van der Waals surface area contributed by atoms with Crippen molar-refractivity contribution >= 4 is 26.6 Å².